The molecular weight excluding hydrogens is 286 g/mol. The van der Waals surface area contributed by atoms with Crippen molar-refractivity contribution >= 4 is 28.9 Å². The number of benzene rings is 2. The molecule has 0 unspecified atom stereocenters. The Labute approximate surface area is 128 Å². The largest absolute Gasteiger partial charge is 0.381 e. The normalized spacial score (nSPS) is 9.76. The van der Waals surface area contributed by atoms with Crippen molar-refractivity contribution < 1.29 is 4.79 Å². The van der Waals surface area contributed by atoms with E-state index in [-0.39, 0.29) is 5.91 Å². The molecule has 2 aromatic rings. The minimum Gasteiger partial charge on any atom is -0.381 e. The van der Waals surface area contributed by atoms with Gasteiger partial charge in [-0.25, -0.2) is 0 Å². The van der Waals surface area contributed by atoms with Crippen molar-refractivity contribution in [2.24, 2.45) is 0 Å². The van der Waals surface area contributed by atoms with Gasteiger partial charge >= 0.3 is 0 Å². The average molecular weight is 300 g/mol. The van der Waals surface area contributed by atoms with Gasteiger partial charge in [-0.15, -0.1) is 0 Å². The minimum atomic E-state index is -0.166. The highest BCUT2D eigenvalue weighted by atomic mass is 35.5. The van der Waals surface area contributed by atoms with Crippen LogP contribution in [0.15, 0.2) is 42.5 Å². The van der Waals surface area contributed by atoms with Crippen LogP contribution < -0.4 is 10.6 Å². The lowest BCUT2D eigenvalue weighted by atomic mass is 10.1. The molecule has 1 amide bonds. The van der Waals surface area contributed by atoms with E-state index in [1.54, 1.807) is 18.2 Å². The van der Waals surface area contributed by atoms with Gasteiger partial charge in [-0.1, -0.05) is 29.8 Å². The van der Waals surface area contributed by atoms with Gasteiger partial charge in [0.15, 0.2) is 0 Å². The first-order valence-electron chi connectivity index (χ1n) is 6.39. The molecule has 0 aliphatic carbocycles. The molecule has 0 aliphatic rings. The lowest BCUT2D eigenvalue weighted by molar-refractivity contribution is -0.114. The molecule has 0 heterocycles. The van der Waals surface area contributed by atoms with E-state index in [0.717, 1.165) is 11.3 Å². The Morgan fingerprint density at radius 3 is 2.71 bits per heavy atom. The quantitative estimate of drug-likeness (QED) is 0.903. The first-order chi connectivity index (χ1) is 10.1. The highest BCUT2D eigenvalue weighted by Crippen LogP contribution is 2.26. The second kappa shape index (κ2) is 6.78. The number of carbonyl (C=O) groups excluding carboxylic acids is 1. The lowest BCUT2D eigenvalue weighted by Crippen LogP contribution is -2.07. The van der Waals surface area contributed by atoms with Gasteiger partial charge in [0, 0.05) is 19.2 Å². The van der Waals surface area contributed by atoms with Gasteiger partial charge in [-0.05, 0) is 29.8 Å². The highest BCUT2D eigenvalue weighted by molar-refractivity contribution is 6.34. The van der Waals surface area contributed by atoms with Crippen LogP contribution in [0.5, 0.6) is 0 Å². The summed E-state index contributed by atoms with van der Waals surface area (Å²) in [7, 11) is 0. The molecule has 0 atom stereocenters. The van der Waals surface area contributed by atoms with E-state index in [4.69, 9.17) is 16.9 Å². The summed E-state index contributed by atoms with van der Waals surface area (Å²) in [6.07, 6.45) is 0. The predicted molar refractivity (Wildman–Crippen MR) is 84.2 cm³/mol. The zero-order valence-corrected chi connectivity index (χ0v) is 12.2. The summed E-state index contributed by atoms with van der Waals surface area (Å²) < 4.78 is 0. The van der Waals surface area contributed by atoms with E-state index < -0.39 is 0 Å². The third-order valence-corrected chi connectivity index (χ3v) is 3.21. The number of hydrogen-bond donors (Lipinski definition) is 2. The Morgan fingerprint density at radius 2 is 2.05 bits per heavy atom. The van der Waals surface area contributed by atoms with Gasteiger partial charge in [0.2, 0.25) is 5.91 Å². The van der Waals surface area contributed by atoms with E-state index >= 15 is 0 Å². The molecule has 2 rings (SSSR count). The summed E-state index contributed by atoms with van der Waals surface area (Å²) in [6, 6.07) is 14.9. The van der Waals surface area contributed by atoms with Crippen molar-refractivity contribution in [3.63, 3.8) is 0 Å². The zero-order valence-electron chi connectivity index (χ0n) is 11.5. The molecule has 0 saturated carbocycles. The molecule has 0 saturated heterocycles. The smallest absolute Gasteiger partial charge is 0.221 e. The van der Waals surface area contributed by atoms with Gasteiger partial charge in [0.05, 0.1) is 22.3 Å². The van der Waals surface area contributed by atoms with Crippen molar-refractivity contribution in [3.8, 4) is 6.07 Å². The molecule has 0 aliphatic heterocycles. The molecule has 4 nitrogen and oxygen atoms in total. The Hall–Kier alpha value is -2.51. The third-order valence-electron chi connectivity index (χ3n) is 2.90. The Morgan fingerprint density at radius 1 is 1.29 bits per heavy atom. The monoisotopic (exact) mass is 299 g/mol. The van der Waals surface area contributed by atoms with E-state index in [9.17, 15) is 4.79 Å². The fraction of sp³-hybridized carbons (Fsp3) is 0.125. The van der Waals surface area contributed by atoms with Crippen LogP contribution in [-0.4, -0.2) is 5.91 Å². The number of nitriles is 1. The molecule has 0 spiro atoms. The molecule has 0 aromatic heterocycles. The Bertz CT molecular complexity index is 707. The fourth-order valence-corrected chi connectivity index (χ4v) is 2.12. The number of halogens is 1. The van der Waals surface area contributed by atoms with E-state index in [1.165, 1.54) is 6.92 Å². The first-order valence-corrected chi connectivity index (χ1v) is 6.77. The van der Waals surface area contributed by atoms with Gasteiger partial charge in [-0.3, -0.25) is 4.79 Å². The Kier molecular flexibility index (Phi) is 4.81. The van der Waals surface area contributed by atoms with Crippen LogP contribution in [0.25, 0.3) is 0 Å². The first kappa shape index (κ1) is 14.9. The van der Waals surface area contributed by atoms with Crippen molar-refractivity contribution in [3.05, 3.63) is 58.6 Å². The SMILES string of the molecule is CC(=O)Nc1ccc(NCc2ccccc2C#N)cc1Cl. The maximum atomic E-state index is 11.0. The number of carbonyl (C=O) groups is 1. The molecule has 0 radical (unpaired) electrons. The van der Waals surface area contributed by atoms with Crippen molar-refractivity contribution in [2.45, 2.75) is 13.5 Å². The number of amides is 1. The molecule has 106 valence electrons. The summed E-state index contributed by atoms with van der Waals surface area (Å²) in [5, 5.41) is 15.4. The molecule has 0 bridgehead atoms. The van der Waals surface area contributed by atoms with Crippen molar-refractivity contribution in [1.29, 1.82) is 5.26 Å². The van der Waals surface area contributed by atoms with E-state index in [0.29, 0.717) is 22.8 Å². The molecular formula is C16H14ClN3O. The Balaban J connectivity index is 2.09. The minimum absolute atomic E-state index is 0.166. The maximum absolute atomic E-state index is 11.0. The number of rotatable bonds is 4. The number of nitrogens with zero attached hydrogens (tertiary/aromatic N) is 1. The topological polar surface area (TPSA) is 64.9 Å². The van der Waals surface area contributed by atoms with Gasteiger partial charge in [0.1, 0.15) is 0 Å². The summed E-state index contributed by atoms with van der Waals surface area (Å²) in [5.74, 6) is -0.166. The second-order valence-corrected chi connectivity index (χ2v) is 4.91. The summed E-state index contributed by atoms with van der Waals surface area (Å²) in [4.78, 5) is 11.0. The molecule has 0 fully saturated rings. The molecule has 5 heteroatoms. The van der Waals surface area contributed by atoms with Crippen LogP contribution in [0.1, 0.15) is 18.1 Å². The maximum Gasteiger partial charge on any atom is 0.221 e. The van der Waals surface area contributed by atoms with E-state index in [1.807, 2.05) is 24.3 Å². The van der Waals surface area contributed by atoms with E-state index in [2.05, 4.69) is 16.7 Å². The predicted octanol–water partition coefficient (Wildman–Crippen LogP) is 3.78. The summed E-state index contributed by atoms with van der Waals surface area (Å²) >= 11 is 6.11. The molecule has 2 aromatic carbocycles. The number of anilines is 2. The average Bonchev–Trinajstić information content (AvgIpc) is 2.47. The lowest BCUT2D eigenvalue weighted by Gasteiger charge is -2.10. The summed E-state index contributed by atoms with van der Waals surface area (Å²) in [5.41, 5.74) is 2.96. The third kappa shape index (κ3) is 3.98. The van der Waals surface area contributed by atoms with Crippen molar-refractivity contribution in [1.82, 2.24) is 0 Å². The van der Waals surface area contributed by atoms with Gasteiger partial charge in [-0.2, -0.15) is 5.26 Å². The van der Waals surface area contributed by atoms with Crippen LogP contribution in [0, 0.1) is 11.3 Å². The van der Waals surface area contributed by atoms with Crippen LogP contribution in [0.4, 0.5) is 11.4 Å². The van der Waals surface area contributed by atoms with Crippen LogP contribution >= 0.6 is 11.6 Å². The van der Waals surface area contributed by atoms with Gasteiger partial charge in [0.25, 0.3) is 0 Å². The zero-order chi connectivity index (χ0) is 15.2. The van der Waals surface area contributed by atoms with Crippen LogP contribution in [0.3, 0.4) is 0 Å². The molecule has 2 N–H and O–H groups in total. The highest BCUT2D eigenvalue weighted by Gasteiger charge is 2.04. The fourth-order valence-electron chi connectivity index (χ4n) is 1.90. The standard InChI is InChI=1S/C16H14ClN3O/c1-11(21)20-16-7-6-14(8-15(16)17)19-10-13-5-3-2-4-12(13)9-18/h2-8,19H,10H2,1H3,(H,20,21). The van der Waals surface area contributed by atoms with Crippen LogP contribution in [0.2, 0.25) is 5.02 Å². The van der Waals surface area contributed by atoms with Crippen molar-refractivity contribution in [2.75, 3.05) is 10.6 Å². The number of hydrogen-bond acceptors (Lipinski definition) is 3. The second-order valence-electron chi connectivity index (χ2n) is 4.50. The van der Waals surface area contributed by atoms with Gasteiger partial charge < -0.3 is 10.6 Å². The molecule has 21 heavy (non-hydrogen) atoms. The number of nitrogens with one attached hydrogen (secondary N) is 2. The van der Waals surface area contributed by atoms with Crippen LogP contribution in [-0.2, 0) is 11.3 Å². The summed E-state index contributed by atoms with van der Waals surface area (Å²) in [6.45, 7) is 1.96.